The Morgan fingerprint density at radius 3 is 2.80 bits per heavy atom. The Morgan fingerprint density at radius 1 is 1.17 bits per heavy atom. The van der Waals surface area contributed by atoms with Crippen molar-refractivity contribution >= 4 is 23.6 Å². The van der Waals surface area contributed by atoms with Crippen LogP contribution in [0.15, 0.2) is 42.5 Å². The van der Waals surface area contributed by atoms with Gasteiger partial charge in [0, 0.05) is 18.3 Å². The molecule has 30 heavy (non-hydrogen) atoms. The van der Waals surface area contributed by atoms with Gasteiger partial charge >= 0.3 is 5.97 Å². The maximum absolute atomic E-state index is 12.7. The number of benzene rings is 2. The van der Waals surface area contributed by atoms with Gasteiger partial charge in [0.05, 0.1) is 7.11 Å². The summed E-state index contributed by atoms with van der Waals surface area (Å²) in [5.74, 6) is 0.801. The van der Waals surface area contributed by atoms with Crippen molar-refractivity contribution in [1.82, 2.24) is 0 Å². The lowest BCUT2D eigenvalue weighted by molar-refractivity contribution is -0.149. The molecule has 0 saturated heterocycles. The first-order valence-electron chi connectivity index (χ1n) is 9.82. The predicted octanol–water partition coefficient (Wildman–Crippen LogP) is 3.00. The van der Waals surface area contributed by atoms with Gasteiger partial charge in [-0.25, -0.2) is 4.79 Å². The van der Waals surface area contributed by atoms with Gasteiger partial charge in [0.15, 0.2) is 17.6 Å². The number of hydrogen-bond donors (Lipinski definition) is 0. The minimum absolute atomic E-state index is 0.234. The van der Waals surface area contributed by atoms with Crippen molar-refractivity contribution in [1.29, 1.82) is 0 Å². The Morgan fingerprint density at radius 2 is 1.97 bits per heavy atom. The molecule has 2 aliphatic rings. The minimum Gasteiger partial charge on any atom is -0.493 e. The van der Waals surface area contributed by atoms with Crippen LogP contribution in [0.2, 0.25) is 0 Å². The number of methoxy groups -OCH3 is 1. The zero-order valence-corrected chi connectivity index (χ0v) is 16.9. The van der Waals surface area contributed by atoms with E-state index in [0.717, 1.165) is 17.7 Å². The van der Waals surface area contributed by atoms with E-state index in [2.05, 4.69) is 0 Å². The Labute approximate surface area is 174 Å². The number of para-hydroxylation sites is 1. The summed E-state index contributed by atoms with van der Waals surface area (Å²) in [4.78, 5) is 26.7. The van der Waals surface area contributed by atoms with Gasteiger partial charge in [-0.15, -0.1) is 0 Å². The highest BCUT2D eigenvalue weighted by Gasteiger charge is 2.29. The molecule has 2 aromatic rings. The fourth-order valence-electron chi connectivity index (χ4n) is 3.60. The van der Waals surface area contributed by atoms with E-state index in [0.29, 0.717) is 42.6 Å². The van der Waals surface area contributed by atoms with Crippen molar-refractivity contribution in [3.05, 3.63) is 53.6 Å². The van der Waals surface area contributed by atoms with E-state index in [1.807, 2.05) is 24.3 Å². The van der Waals surface area contributed by atoms with Crippen molar-refractivity contribution in [2.45, 2.75) is 19.4 Å². The van der Waals surface area contributed by atoms with Gasteiger partial charge in [-0.2, -0.15) is 0 Å². The number of hydrogen-bond acceptors (Lipinski definition) is 6. The van der Waals surface area contributed by atoms with Crippen molar-refractivity contribution in [2.24, 2.45) is 0 Å². The molecule has 156 valence electrons. The SMILES string of the molecule is COc1cc(/C=C/C(=O)O[C@H](C)C(=O)N2CCc3ccccc32)cc2c1OCCO2. The molecule has 0 N–H and O–H groups in total. The van der Waals surface area contributed by atoms with Crippen LogP contribution in [0.3, 0.4) is 0 Å². The van der Waals surface area contributed by atoms with Crippen molar-refractivity contribution in [3.63, 3.8) is 0 Å². The average Bonchev–Trinajstić information content (AvgIpc) is 3.20. The molecule has 0 fully saturated rings. The largest absolute Gasteiger partial charge is 0.493 e. The van der Waals surface area contributed by atoms with Gasteiger partial charge in [0.2, 0.25) is 5.75 Å². The van der Waals surface area contributed by atoms with Crippen LogP contribution in [-0.4, -0.2) is 44.8 Å². The molecule has 1 atom stereocenters. The molecule has 2 aromatic carbocycles. The zero-order chi connectivity index (χ0) is 21.1. The van der Waals surface area contributed by atoms with E-state index < -0.39 is 12.1 Å². The molecule has 0 aliphatic carbocycles. The van der Waals surface area contributed by atoms with E-state index >= 15 is 0 Å². The minimum atomic E-state index is -0.886. The van der Waals surface area contributed by atoms with Gasteiger partial charge in [-0.3, -0.25) is 4.79 Å². The molecular weight excluding hydrogens is 386 g/mol. The van der Waals surface area contributed by atoms with E-state index in [9.17, 15) is 9.59 Å². The third-order valence-corrected chi connectivity index (χ3v) is 5.06. The number of nitrogens with zero attached hydrogens (tertiary/aromatic N) is 1. The molecular formula is C23H23NO6. The molecule has 7 heteroatoms. The quantitative estimate of drug-likeness (QED) is 0.558. The summed E-state index contributed by atoms with van der Waals surface area (Å²) >= 11 is 0. The summed E-state index contributed by atoms with van der Waals surface area (Å²) in [7, 11) is 1.54. The van der Waals surface area contributed by atoms with E-state index in [1.54, 1.807) is 37.1 Å². The molecule has 0 saturated carbocycles. The standard InChI is InChI=1S/C23H23NO6/c1-15(23(26)24-10-9-17-5-3-4-6-18(17)24)30-21(25)8-7-16-13-19(27-2)22-20(14-16)28-11-12-29-22/h3-8,13-15H,9-12H2,1-2H3/b8-7+/t15-/m1/s1. The van der Waals surface area contributed by atoms with Gasteiger partial charge < -0.3 is 23.8 Å². The topological polar surface area (TPSA) is 74.3 Å². The second kappa shape index (κ2) is 8.49. The number of ether oxygens (including phenoxy) is 4. The van der Waals surface area contributed by atoms with Crippen LogP contribution in [0.25, 0.3) is 6.08 Å². The van der Waals surface area contributed by atoms with Gasteiger partial charge in [-0.1, -0.05) is 18.2 Å². The number of esters is 1. The van der Waals surface area contributed by atoms with Crippen LogP contribution in [0, 0.1) is 0 Å². The second-order valence-electron chi connectivity index (χ2n) is 7.03. The van der Waals surface area contributed by atoms with E-state index in [-0.39, 0.29) is 5.91 Å². The second-order valence-corrected chi connectivity index (χ2v) is 7.03. The van der Waals surface area contributed by atoms with Crippen LogP contribution in [-0.2, 0) is 20.7 Å². The third-order valence-electron chi connectivity index (χ3n) is 5.06. The first-order chi connectivity index (χ1) is 14.6. The number of rotatable bonds is 5. The fraction of sp³-hybridized carbons (Fsp3) is 0.304. The summed E-state index contributed by atoms with van der Waals surface area (Å²) in [5.41, 5.74) is 2.70. The zero-order valence-electron chi connectivity index (χ0n) is 16.9. The van der Waals surface area contributed by atoms with Gasteiger partial charge in [0.1, 0.15) is 13.2 Å². The van der Waals surface area contributed by atoms with Gasteiger partial charge in [0.25, 0.3) is 5.91 Å². The summed E-state index contributed by atoms with van der Waals surface area (Å²) in [6.07, 6.45) is 2.79. The maximum atomic E-state index is 12.7. The maximum Gasteiger partial charge on any atom is 0.331 e. The average molecular weight is 409 g/mol. The number of carbonyl (C=O) groups is 2. The molecule has 1 amide bonds. The first kappa shape index (κ1) is 19.8. The predicted molar refractivity (Wildman–Crippen MR) is 111 cm³/mol. The van der Waals surface area contributed by atoms with Crippen LogP contribution in [0.5, 0.6) is 17.2 Å². The normalized spacial score (nSPS) is 15.6. The molecule has 0 radical (unpaired) electrons. The van der Waals surface area contributed by atoms with Crippen molar-refractivity contribution in [2.75, 3.05) is 31.8 Å². The summed E-state index contributed by atoms with van der Waals surface area (Å²) in [6, 6.07) is 11.3. The number of amides is 1. The van der Waals surface area contributed by atoms with Crippen molar-refractivity contribution < 1.29 is 28.5 Å². The number of carbonyl (C=O) groups excluding carboxylic acids is 2. The number of anilines is 1. The molecule has 0 bridgehead atoms. The molecule has 0 spiro atoms. The molecule has 7 nitrogen and oxygen atoms in total. The molecule has 2 heterocycles. The molecule has 0 unspecified atom stereocenters. The van der Waals surface area contributed by atoms with E-state index in [4.69, 9.17) is 18.9 Å². The molecule has 2 aliphatic heterocycles. The Bertz CT molecular complexity index is 982. The summed E-state index contributed by atoms with van der Waals surface area (Å²) in [6.45, 7) is 3.08. The first-order valence-corrected chi connectivity index (χ1v) is 9.82. The number of fused-ring (bicyclic) bond motifs is 2. The van der Waals surface area contributed by atoms with E-state index in [1.165, 1.54) is 6.08 Å². The lowest BCUT2D eigenvalue weighted by atomic mass is 10.1. The Kier molecular flexibility index (Phi) is 5.61. The van der Waals surface area contributed by atoms with Crippen LogP contribution in [0.4, 0.5) is 5.69 Å². The summed E-state index contributed by atoms with van der Waals surface area (Å²) in [5, 5.41) is 0. The fourth-order valence-corrected chi connectivity index (χ4v) is 3.60. The Balaban J connectivity index is 1.41. The van der Waals surface area contributed by atoms with Crippen LogP contribution in [0.1, 0.15) is 18.1 Å². The smallest absolute Gasteiger partial charge is 0.331 e. The highest BCUT2D eigenvalue weighted by Crippen LogP contribution is 2.40. The Hall–Kier alpha value is -3.48. The highest BCUT2D eigenvalue weighted by molar-refractivity contribution is 6.00. The van der Waals surface area contributed by atoms with Crippen molar-refractivity contribution in [3.8, 4) is 17.2 Å². The lowest BCUT2D eigenvalue weighted by Gasteiger charge is -2.21. The highest BCUT2D eigenvalue weighted by atomic mass is 16.6. The third kappa shape index (κ3) is 3.96. The van der Waals surface area contributed by atoms with Gasteiger partial charge in [-0.05, 0) is 48.7 Å². The monoisotopic (exact) mass is 409 g/mol. The van der Waals surface area contributed by atoms with Crippen LogP contribution < -0.4 is 19.1 Å². The molecule has 0 aromatic heterocycles. The van der Waals surface area contributed by atoms with Crippen LogP contribution >= 0.6 is 0 Å². The molecule has 4 rings (SSSR count). The lowest BCUT2D eigenvalue weighted by Crippen LogP contribution is -2.38. The summed E-state index contributed by atoms with van der Waals surface area (Å²) < 4.78 is 21.8.